The minimum absolute atomic E-state index is 0.183. The van der Waals surface area contributed by atoms with Gasteiger partial charge in [-0.2, -0.15) is 0 Å². The molecule has 0 aliphatic carbocycles. The molecule has 2 aromatic rings. The molecule has 20 heavy (non-hydrogen) atoms. The number of aryl methyl sites for hydroxylation is 2. The van der Waals surface area contributed by atoms with Crippen LogP contribution in [0.2, 0.25) is 0 Å². The number of aromatic hydroxyl groups is 1. The van der Waals surface area contributed by atoms with E-state index in [-0.39, 0.29) is 24.0 Å². The van der Waals surface area contributed by atoms with E-state index < -0.39 is 0 Å². The van der Waals surface area contributed by atoms with Crippen LogP contribution in [0.4, 0.5) is 5.69 Å². The van der Waals surface area contributed by atoms with Crippen LogP contribution in [-0.2, 0) is 11.3 Å². The Labute approximate surface area is 116 Å². The fourth-order valence-corrected chi connectivity index (χ4v) is 1.75. The number of nitrogens with zero attached hydrogens (tertiary/aromatic N) is 1. The molecule has 1 heterocycles. The zero-order valence-corrected chi connectivity index (χ0v) is 11.6. The molecule has 0 bridgehead atoms. The van der Waals surface area contributed by atoms with Gasteiger partial charge in [0.25, 0.3) is 5.91 Å². The summed E-state index contributed by atoms with van der Waals surface area (Å²) in [7, 11) is 1.53. The molecule has 0 saturated carbocycles. The van der Waals surface area contributed by atoms with Gasteiger partial charge in [0.2, 0.25) is 0 Å². The number of aromatic nitrogens is 1. The fourth-order valence-electron chi connectivity index (χ4n) is 1.75. The lowest BCUT2D eigenvalue weighted by Gasteiger charge is -2.09. The Morgan fingerprint density at radius 3 is 2.80 bits per heavy atom. The number of carbonyl (C=O) groups excluding carboxylic acids is 1. The first-order chi connectivity index (χ1) is 9.51. The molecular formula is C14H16N2O4. The number of ether oxygens (including phenoxy) is 1. The molecule has 0 radical (unpaired) electrons. The Morgan fingerprint density at radius 2 is 2.10 bits per heavy atom. The number of hydrogen-bond donors (Lipinski definition) is 2. The van der Waals surface area contributed by atoms with Crippen molar-refractivity contribution in [2.45, 2.75) is 20.5 Å². The zero-order valence-electron chi connectivity index (χ0n) is 11.6. The van der Waals surface area contributed by atoms with E-state index in [1.54, 1.807) is 26.0 Å². The van der Waals surface area contributed by atoms with E-state index in [1.807, 2.05) is 0 Å². The first kappa shape index (κ1) is 14.1. The molecule has 2 rings (SSSR count). The number of carbonyl (C=O) groups is 1. The normalized spacial score (nSPS) is 10.6. The van der Waals surface area contributed by atoms with Gasteiger partial charge in [-0.15, -0.1) is 0 Å². The van der Waals surface area contributed by atoms with Gasteiger partial charge in [0.15, 0.2) is 11.5 Å². The SMILES string of the molecule is COCc1cc(C(=O)Nc2cc(C)c(O)cc2C)no1. The van der Waals surface area contributed by atoms with Crippen LogP contribution < -0.4 is 5.32 Å². The lowest BCUT2D eigenvalue weighted by Crippen LogP contribution is -2.13. The van der Waals surface area contributed by atoms with Crippen molar-refractivity contribution in [1.82, 2.24) is 5.16 Å². The Kier molecular flexibility index (Phi) is 4.05. The third-order valence-electron chi connectivity index (χ3n) is 2.87. The monoisotopic (exact) mass is 276 g/mol. The molecule has 0 saturated heterocycles. The third kappa shape index (κ3) is 2.97. The second-order valence-electron chi connectivity index (χ2n) is 4.52. The third-order valence-corrected chi connectivity index (χ3v) is 2.87. The summed E-state index contributed by atoms with van der Waals surface area (Å²) >= 11 is 0. The molecule has 0 spiro atoms. The van der Waals surface area contributed by atoms with Gasteiger partial charge in [-0.25, -0.2) is 0 Å². The van der Waals surface area contributed by atoms with Crippen molar-refractivity contribution in [3.8, 4) is 5.75 Å². The van der Waals surface area contributed by atoms with E-state index in [0.717, 1.165) is 5.56 Å². The maximum Gasteiger partial charge on any atom is 0.277 e. The van der Waals surface area contributed by atoms with Gasteiger partial charge in [0.05, 0.1) is 0 Å². The van der Waals surface area contributed by atoms with Crippen molar-refractivity contribution in [3.63, 3.8) is 0 Å². The van der Waals surface area contributed by atoms with Crippen molar-refractivity contribution in [3.05, 3.63) is 40.8 Å². The predicted molar refractivity (Wildman–Crippen MR) is 72.8 cm³/mol. The van der Waals surface area contributed by atoms with Crippen molar-refractivity contribution < 1.29 is 19.2 Å². The van der Waals surface area contributed by atoms with Crippen LogP contribution in [0.3, 0.4) is 0 Å². The molecule has 1 aromatic carbocycles. The number of methoxy groups -OCH3 is 1. The molecule has 106 valence electrons. The highest BCUT2D eigenvalue weighted by atomic mass is 16.5. The summed E-state index contributed by atoms with van der Waals surface area (Å²) in [4.78, 5) is 12.0. The summed E-state index contributed by atoms with van der Waals surface area (Å²) in [5.41, 5.74) is 2.26. The van der Waals surface area contributed by atoms with Crippen molar-refractivity contribution in [2.75, 3.05) is 12.4 Å². The van der Waals surface area contributed by atoms with Gasteiger partial charge in [0.1, 0.15) is 12.4 Å². The van der Waals surface area contributed by atoms with Crippen LogP contribution >= 0.6 is 0 Å². The number of hydrogen-bond acceptors (Lipinski definition) is 5. The molecule has 0 atom stereocenters. The fraction of sp³-hybridized carbons (Fsp3) is 0.286. The highest BCUT2D eigenvalue weighted by molar-refractivity contribution is 6.03. The number of phenolic OH excluding ortho intramolecular Hbond substituents is 1. The predicted octanol–water partition coefficient (Wildman–Crippen LogP) is 2.40. The molecule has 2 N–H and O–H groups in total. The highest BCUT2D eigenvalue weighted by Crippen LogP contribution is 2.25. The Morgan fingerprint density at radius 1 is 1.35 bits per heavy atom. The van der Waals surface area contributed by atoms with E-state index >= 15 is 0 Å². The molecule has 0 aliphatic rings. The summed E-state index contributed by atoms with van der Waals surface area (Å²) in [6.45, 7) is 3.82. The van der Waals surface area contributed by atoms with Crippen LogP contribution in [-0.4, -0.2) is 23.3 Å². The van der Waals surface area contributed by atoms with E-state index in [9.17, 15) is 9.90 Å². The standard InChI is InChI=1S/C14H16N2O4/c1-8-5-13(17)9(2)4-11(8)15-14(18)12-6-10(7-19-3)20-16-12/h4-6,17H,7H2,1-3H3,(H,15,18). The van der Waals surface area contributed by atoms with Crippen molar-refractivity contribution in [2.24, 2.45) is 0 Å². The second kappa shape index (κ2) is 5.75. The molecule has 0 aliphatic heterocycles. The van der Waals surface area contributed by atoms with E-state index in [0.29, 0.717) is 17.0 Å². The first-order valence-corrected chi connectivity index (χ1v) is 6.07. The molecule has 0 unspecified atom stereocenters. The van der Waals surface area contributed by atoms with Gasteiger partial charge in [-0.3, -0.25) is 4.79 Å². The van der Waals surface area contributed by atoms with Crippen LogP contribution in [0.1, 0.15) is 27.4 Å². The largest absolute Gasteiger partial charge is 0.508 e. The molecule has 0 fully saturated rings. The molecular weight excluding hydrogens is 260 g/mol. The Balaban J connectivity index is 2.16. The van der Waals surface area contributed by atoms with Gasteiger partial charge in [-0.1, -0.05) is 5.16 Å². The summed E-state index contributed by atoms with van der Waals surface area (Å²) < 4.78 is 9.86. The summed E-state index contributed by atoms with van der Waals surface area (Å²) in [6, 6.07) is 4.84. The van der Waals surface area contributed by atoms with Crippen molar-refractivity contribution in [1.29, 1.82) is 0 Å². The zero-order chi connectivity index (χ0) is 14.7. The van der Waals surface area contributed by atoms with Crippen LogP contribution in [0.15, 0.2) is 22.7 Å². The summed E-state index contributed by atoms with van der Waals surface area (Å²) in [5.74, 6) is 0.310. The quantitative estimate of drug-likeness (QED) is 0.837. The topological polar surface area (TPSA) is 84.6 Å². The number of rotatable bonds is 4. The number of nitrogens with one attached hydrogen (secondary N) is 1. The lowest BCUT2D eigenvalue weighted by atomic mass is 10.1. The Bertz CT molecular complexity index is 634. The maximum atomic E-state index is 12.0. The van der Waals surface area contributed by atoms with E-state index in [2.05, 4.69) is 10.5 Å². The van der Waals surface area contributed by atoms with Gasteiger partial charge in [0, 0.05) is 18.9 Å². The van der Waals surface area contributed by atoms with E-state index in [1.165, 1.54) is 13.2 Å². The van der Waals surface area contributed by atoms with Gasteiger partial charge < -0.3 is 19.7 Å². The van der Waals surface area contributed by atoms with Crippen LogP contribution in [0.5, 0.6) is 5.75 Å². The summed E-state index contributed by atoms with van der Waals surface area (Å²) in [6.07, 6.45) is 0. The van der Waals surface area contributed by atoms with Gasteiger partial charge in [-0.05, 0) is 37.1 Å². The van der Waals surface area contributed by atoms with Crippen LogP contribution in [0, 0.1) is 13.8 Å². The minimum atomic E-state index is -0.371. The number of anilines is 1. The molecule has 6 heteroatoms. The number of benzene rings is 1. The van der Waals surface area contributed by atoms with Crippen molar-refractivity contribution >= 4 is 11.6 Å². The molecule has 1 amide bonds. The Hall–Kier alpha value is -2.34. The average molecular weight is 276 g/mol. The average Bonchev–Trinajstić information content (AvgIpc) is 2.85. The summed E-state index contributed by atoms with van der Waals surface area (Å²) in [5, 5.41) is 16.0. The first-order valence-electron chi connectivity index (χ1n) is 6.07. The second-order valence-corrected chi connectivity index (χ2v) is 4.52. The number of amides is 1. The molecule has 6 nitrogen and oxygen atoms in total. The minimum Gasteiger partial charge on any atom is -0.508 e. The lowest BCUT2D eigenvalue weighted by molar-refractivity contribution is 0.101. The van der Waals surface area contributed by atoms with E-state index in [4.69, 9.17) is 9.26 Å². The maximum absolute atomic E-state index is 12.0. The van der Waals surface area contributed by atoms with Gasteiger partial charge >= 0.3 is 0 Å². The smallest absolute Gasteiger partial charge is 0.277 e. The number of phenols is 1. The highest BCUT2D eigenvalue weighted by Gasteiger charge is 2.14. The van der Waals surface area contributed by atoms with Crippen LogP contribution in [0.25, 0.3) is 0 Å². The molecule has 1 aromatic heterocycles.